The predicted octanol–water partition coefficient (Wildman–Crippen LogP) is 3.05. The Kier molecular flexibility index (Phi) is 4.06. The molecule has 0 spiro atoms. The summed E-state index contributed by atoms with van der Waals surface area (Å²) in [5, 5.41) is 3.16. The first-order chi connectivity index (χ1) is 11.7. The molecule has 1 fully saturated rings. The van der Waals surface area contributed by atoms with Crippen LogP contribution in [-0.4, -0.2) is 38.3 Å². The van der Waals surface area contributed by atoms with Crippen molar-refractivity contribution in [3.8, 4) is 0 Å². The molecular weight excluding hydrogens is 320 g/mol. The van der Waals surface area contributed by atoms with Gasteiger partial charge < -0.3 is 9.30 Å². The highest BCUT2D eigenvalue weighted by molar-refractivity contribution is 7.09. The minimum Gasteiger partial charge on any atom is -0.342 e. The molecular formula is C18H20N4OS. The van der Waals surface area contributed by atoms with E-state index in [1.165, 1.54) is 0 Å². The van der Waals surface area contributed by atoms with Gasteiger partial charge in [0.25, 0.3) is 0 Å². The molecule has 5 nitrogen and oxygen atoms in total. The van der Waals surface area contributed by atoms with Gasteiger partial charge in [-0.25, -0.2) is 9.97 Å². The number of thiazole rings is 1. The summed E-state index contributed by atoms with van der Waals surface area (Å²) in [4.78, 5) is 23.8. The van der Waals surface area contributed by atoms with E-state index < -0.39 is 0 Å². The standard InChI is InChI=1S/C18H20N4OS/c1-13-15(22-9-3-2-6-16(22)20-13)11-17(23)21-8-4-5-14(12-21)18-19-7-10-24-18/h2-3,6-7,9-10,14H,4-5,8,11-12H2,1H3/t14-/m0/s1. The maximum absolute atomic E-state index is 12.8. The molecule has 24 heavy (non-hydrogen) atoms. The van der Waals surface area contributed by atoms with E-state index in [-0.39, 0.29) is 5.91 Å². The zero-order chi connectivity index (χ0) is 16.5. The van der Waals surface area contributed by atoms with Crippen molar-refractivity contribution in [1.29, 1.82) is 0 Å². The van der Waals surface area contributed by atoms with E-state index in [0.717, 1.165) is 48.0 Å². The molecule has 0 radical (unpaired) electrons. The molecule has 124 valence electrons. The molecule has 1 aliphatic rings. The van der Waals surface area contributed by atoms with E-state index in [2.05, 4.69) is 9.97 Å². The Hall–Kier alpha value is -2.21. The average molecular weight is 340 g/mol. The number of hydrogen-bond acceptors (Lipinski definition) is 4. The van der Waals surface area contributed by atoms with Crippen molar-refractivity contribution in [3.05, 3.63) is 52.4 Å². The van der Waals surface area contributed by atoms with Crippen molar-refractivity contribution in [2.24, 2.45) is 0 Å². The van der Waals surface area contributed by atoms with Gasteiger partial charge in [0.05, 0.1) is 22.8 Å². The quantitative estimate of drug-likeness (QED) is 0.736. The summed E-state index contributed by atoms with van der Waals surface area (Å²) in [6, 6.07) is 5.92. The number of piperidine rings is 1. The lowest BCUT2D eigenvalue weighted by atomic mass is 9.98. The van der Waals surface area contributed by atoms with Gasteiger partial charge in [-0.2, -0.15) is 0 Å². The Morgan fingerprint density at radius 2 is 2.33 bits per heavy atom. The van der Waals surface area contributed by atoms with Crippen LogP contribution in [0.15, 0.2) is 36.0 Å². The second kappa shape index (κ2) is 6.36. The summed E-state index contributed by atoms with van der Waals surface area (Å²) in [6.45, 7) is 3.60. The van der Waals surface area contributed by atoms with E-state index in [4.69, 9.17) is 0 Å². The van der Waals surface area contributed by atoms with Crippen LogP contribution in [0.4, 0.5) is 0 Å². The summed E-state index contributed by atoms with van der Waals surface area (Å²) in [5.74, 6) is 0.566. The van der Waals surface area contributed by atoms with E-state index in [1.807, 2.05) is 52.2 Å². The topological polar surface area (TPSA) is 50.5 Å². The molecule has 4 rings (SSSR count). The Morgan fingerprint density at radius 3 is 3.17 bits per heavy atom. The third-order valence-electron chi connectivity index (χ3n) is 4.72. The average Bonchev–Trinajstić information content (AvgIpc) is 3.24. The molecule has 1 aliphatic heterocycles. The Morgan fingerprint density at radius 1 is 1.42 bits per heavy atom. The van der Waals surface area contributed by atoms with E-state index in [9.17, 15) is 4.79 Å². The lowest BCUT2D eigenvalue weighted by Gasteiger charge is -2.32. The number of amides is 1. The van der Waals surface area contributed by atoms with Gasteiger partial charge in [0.15, 0.2) is 0 Å². The van der Waals surface area contributed by atoms with Crippen LogP contribution in [0.5, 0.6) is 0 Å². The molecule has 0 unspecified atom stereocenters. The maximum atomic E-state index is 12.8. The van der Waals surface area contributed by atoms with Gasteiger partial charge in [-0.3, -0.25) is 4.79 Å². The molecule has 0 saturated carbocycles. The van der Waals surface area contributed by atoms with Crippen molar-refractivity contribution >= 4 is 22.9 Å². The van der Waals surface area contributed by atoms with Crippen molar-refractivity contribution in [1.82, 2.24) is 19.3 Å². The van der Waals surface area contributed by atoms with Gasteiger partial charge in [0.2, 0.25) is 5.91 Å². The molecule has 3 aromatic rings. The highest BCUT2D eigenvalue weighted by Gasteiger charge is 2.27. The minimum absolute atomic E-state index is 0.185. The number of imidazole rings is 1. The SMILES string of the molecule is Cc1nc2ccccn2c1CC(=O)N1CCC[C@H](c2nccs2)C1. The second-order valence-corrected chi connectivity index (χ2v) is 7.22. The lowest BCUT2D eigenvalue weighted by molar-refractivity contribution is -0.131. The zero-order valence-corrected chi connectivity index (χ0v) is 14.5. The number of likely N-dealkylation sites (tertiary alicyclic amines) is 1. The fraction of sp³-hybridized carbons (Fsp3) is 0.389. The highest BCUT2D eigenvalue weighted by atomic mass is 32.1. The third kappa shape index (κ3) is 2.82. The fourth-order valence-corrected chi connectivity index (χ4v) is 4.24. The van der Waals surface area contributed by atoms with Gasteiger partial charge in [0, 0.05) is 36.8 Å². The molecule has 0 bridgehead atoms. The first-order valence-electron chi connectivity index (χ1n) is 8.32. The van der Waals surface area contributed by atoms with Crippen LogP contribution < -0.4 is 0 Å². The summed E-state index contributed by atoms with van der Waals surface area (Å²) >= 11 is 1.69. The van der Waals surface area contributed by atoms with E-state index in [0.29, 0.717) is 12.3 Å². The third-order valence-corrected chi connectivity index (χ3v) is 5.66. The molecule has 6 heteroatoms. The summed E-state index contributed by atoms with van der Waals surface area (Å²) in [7, 11) is 0. The normalized spacial score (nSPS) is 18.2. The largest absolute Gasteiger partial charge is 0.342 e. The van der Waals surface area contributed by atoms with E-state index in [1.54, 1.807) is 11.3 Å². The zero-order valence-electron chi connectivity index (χ0n) is 13.7. The molecule has 1 saturated heterocycles. The van der Waals surface area contributed by atoms with Crippen LogP contribution in [0.3, 0.4) is 0 Å². The van der Waals surface area contributed by atoms with Gasteiger partial charge >= 0.3 is 0 Å². The number of carbonyl (C=O) groups excluding carboxylic acids is 1. The van der Waals surface area contributed by atoms with Crippen LogP contribution >= 0.6 is 11.3 Å². The molecule has 0 aromatic carbocycles. The lowest BCUT2D eigenvalue weighted by Crippen LogP contribution is -2.40. The molecule has 3 aromatic heterocycles. The number of hydrogen-bond donors (Lipinski definition) is 0. The van der Waals surface area contributed by atoms with Crippen LogP contribution in [0.25, 0.3) is 5.65 Å². The van der Waals surface area contributed by atoms with Crippen molar-refractivity contribution < 1.29 is 4.79 Å². The van der Waals surface area contributed by atoms with Crippen LogP contribution in [-0.2, 0) is 11.2 Å². The molecule has 0 aliphatic carbocycles. The summed E-state index contributed by atoms with van der Waals surface area (Å²) in [6.07, 6.45) is 6.39. The van der Waals surface area contributed by atoms with Gasteiger partial charge in [-0.15, -0.1) is 11.3 Å². The monoisotopic (exact) mass is 340 g/mol. The number of aromatic nitrogens is 3. The minimum atomic E-state index is 0.185. The van der Waals surface area contributed by atoms with Crippen molar-refractivity contribution in [3.63, 3.8) is 0 Å². The number of fused-ring (bicyclic) bond motifs is 1. The Labute approximate surface area is 145 Å². The Balaban J connectivity index is 1.52. The number of aryl methyl sites for hydroxylation is 1. The summed E-state index contributed by atoms with van der Waals surface area (Å²) in [5.41, 5.74) is 2.83. The number of nitrogens with zero attached hydrogens (tertiary/aromatic N) is 4. The molecule has 1 amide bonds. The van der Waals surface area contributed by atoms with Crippen LogP contribution in [0.1, 0.15) is 35.2 Å². The number of pyridine rings is 1. The smallest absolute Gasteiger partial charge is 0.228 e. The first-order valence-corrected chi connectivity index (χ1v) is 9.20. The Bertz CT molecular complexity index is 855. The fourth-order valence-electron chi connectivity index (χ4n) is 3.47. The highest BCUT2D eigenvalue weighted by Crippen LogP contribution is 2.28. The molecule has 4 heterocycles. The van der Waals surface area contributed by atoms with Gasteiger partial charge in [-0.05, 0) is 31.9 Å². The van der Waals surface area contributed by atoms with Crippen LogP contribution in [0, 0.1) is 6.92 Å². The second-order valence-electron chi connectivity index (χ2n) is 6.30. The molecule has 0 N–H and O–H groups in total. The van der Waals surface area contributed by atoms with Crippen LogP contribution in [0.2, 0.25) is 0 Å². The maximum Gasteiger partial charge on any atom is 0.228 e. The van der Waals surface area contributed by atoms with Gasteiger partial charge in [0.1, 0.15) is 5.65 Å². The van der Waals surface area contributed by atoms with Crippen molar-refractivity contribution in [2.75, 3.05) is 13.1 Å². The molecule has 1 atom stereocenters. The number of rotatable bonds is 3. The van der Waals surface area contributed by atoms with Crippen molar-refractivity contribution in [2.45, 2.75) is 32.1 Å². The predicted molar refractivity (Wildman–Crippen MR) is 94.3 cm³/mol. The van der Waals surface area contributed by atoms with Gasteiger partial charge in [-0.1, -0.05) is 6.07 Å². The summed E-state index contributed by atoms with van der Waals surface area (Å²) < 4.78 is 2.02. The first kappa shape index (κ1) is 15.3. The number of carbonyl (C=O) groups is 1. The van der Waals surface area contributed by atoms with E-state index >= 15 is 0 Å².